The summed E-state index contributed by atoms with van der Waals surface area (Å²) in [5.41, 5.74) is 6.49. The molecule has 1 aliphatic rings. The molecule has 0 spiro atoms. The highest BCUT2D eigenvalue weighted by molar-refractivity contribution is 7.72. The summed E-state index contributed by atoms with van der Waals surface area (Å²) in [6.45, 7) is 11.7. The number of imidazole rings is 1. The molecule has 15 heteroatoms. The lowest BCUT2D eigenvalue weighted by atomic mass is 10.0. The normalized spacial score (nSPS) is 21.3. The van der Waals surface area contributed by atoms with Gasteiger partial charge in [0.2, 0.25) is 0 Å². The highest BCUT2D eigenvalue weighted by atomic mass is 31.2. The molecule has 44 heavy (non-hydrogen) atoms. The van der Waals surface area contributed by atoms with E-state index in [0.717, 1.165) is 19.0 Å². The van der Waals surface area contributed by atoms with Gasteiger partial charge in [-0.15, -0.1) is 13.2 Å². The Bertz CT molecular complexity index is 1120. The molecule has 2 aromatic heterocycles. The first-order chi connectivity index (χ1) is 21.2. The molecule has 5 atom stereocenters. The van der Waals surface area contributed by atoms with Crippen molar-refractivity contribution in [2.45, 2.75) is 44.3 Å². The van der Waals surface area contributed by atoms with E-state index in [-0.39, 0.29) is 5.92 Å². The number of hydrogen-bond donors (Lipinski definition) is 4. The minimum atomic E-state index is -1.33. The fraction of sp³-hybridized carbons (Fsp3) is 0.793. The minimum Gasteiger partial charge on any atom is -0.388 e. The van der Waals surface area contributed by atoms with E-state index in [1.54, 1.807) is 10.9 Å². The van der Waals surface area contributed by atoms with Crippen LogP contribution in [0.15, 0.2) is 12.7 Å². The summed E-state index contributed by atoms with van der Waals surface area (Å²) in [6, 6.07) is 0. The number of nitrogens with zero attached hydrogens (tertiary/aromatic N) is 4. The summed E-state index contributed by atoms with van der Waals surface area (Å²) in [4.78, 5) is 13.2. The van der Waals surface area contributed by atoms with E-state index >= 15 is 0 Å². The predicted molar refractivity (Wildman–Crippen MR) is 172 cm³/mol. The zero-order chi connectivity index (χ0) is 31.8. The Morgan fingerprint density at radius 2 is 1.48 bits per heavy atom. The number of fused-ring (bicyclic) bond motifs is 1. The van der Waals surface area contributed by atoms with Gasteiger partial charge < -0.3 is 49.7 Å². The molecule has 252 valence electrons. The summed E-state index contributed by atoms with van der Waals surface area (Å²) in [7, 11) is 0. The zero-order valence-corrected chi connectivity index (χ0v) is 27.4. The van der Waals surface area contributed by atoms with Crippen LogP contribution in [0.25, 0.3) is 11.2 Å². The average Bonchev–Trinajstić information content (AvgIpc) is 3.54. The van der Waals surface area contributed by atoms with Gasteiger partial charge in [-0.2, -0.15) is 0 Å². The number of ether oxygens (including phenoxy) is 6. The van der Waals surface area contributed by atoms with Crippen molar-refractivity contribution < 1.29 is 38.6 Å². The van der Waals surface area contributed by atoms with Gasteiger partial charge in [-0.1, -0.05) is 6.92 Å². The fourth-order valence-corrected chi connectivity index (χ4v) is 6.75. The van der Waals surface area contributed by atoms with Gasteiger partial charge >= 0.3 is 0 Å². The van der Waals surface area contributed by atoms with Gasteiger partial charge in [0.15, 0.2) is 23.2 Å². The van der Waals surface area contributed by atoms with Crippen LogP contribution in [0.3, 0.4) is 0 Å². The maximum atomic E-state index is 10.8. The van der Waals surface area contributed by atoms with E-state index in [4.69, 9.17) is 34.2 Å². The molecule has 1 saturated heterocycles. The molecule has 3 heterocycles. The average molecular weight is 645 g/mol. The number of nitrogens with two attached hydrogens (primary N) is 1. The van der Waals surface area contributed by atoms with Gasteiger partial charge in [-0.25, -0.2) is 15.0 Å². The monoisotopic (exact) mass is 644 g/mol. The largest absolute Gasteiger partial charge is 0.388 e. The van der Waals surface area contributed by atoms with Gasteiger partial charge in [-0.3, -0.25) is 4.57 Å². The standard InChI is InChI=1S/C29H53N6O8P/c1-22(19-44(2,3)4)26-24(36)25(37)29(43-26)35-21-34-23-27(32-20-33-28(23)35)31-8-6-10-39-12-14-41-16-18-42-17-15-40-13-11-38-9-5-7-30/h20-22,24-26,29,36-37H,2,5-19,30H2,1,3-4H3,(H,31,32,33)/t22?,24-,25+,26+,29+/m0/s1. The number of aliphatic hydroxyl groups is 2. The highest BCUT2D eigenvalue weighted by Crippen LogP contribution is 2.42. The summed E-state index contributed by atoms with van der Waals surface area (Å²) < 4.78 is 35.3. The van der Waals surface area contributed by atoms with Gasteiger partial charge in [0, 0.05) is 19.8 Å². The number of hydrogen-bond acceptors (Lipinski definition) is 13. The van der Waals surface area contributed by atoms with E-state index in [1.165, 1.54) is 6.33 Å². The Hall–Kier alpha value is -1.71. The zero-order valence-electron chi connectivity index (χ0n) is 26.5. The first-order valence-electron chi connectivity index (χ1n) is 15.4. The molecular weight excluding hydrogens is 591 g/mol. The van der Waals surface area contributed by atoms with Crippen molar-refractivity contribution >= 4 is 30.2 Å². The molecule has 0 aromatic carbocycles. The molecule has 1 aliphatic heterocycles. The summed E-state index contributed by atoms with van der Waals surface area (Å²) in [5, 5.41) is 24.9. The number of aliphatic hydroxyl groups excluding tert-OH is 2. The molecule has 0 bridgehead atoms. The van der Waals surface area contributed by atoms with Crippen LogP contribution in [0.1, 0.15) is 26.0 Å². The molecule has 0 radical (unpaired) electrons. The van der Waals surface area contributed by atoms with Gasteiger partial charge in [0.1, 0.15) is 18.5 Å². The van der Waals surface area contributed by atoms with Gasteiger partial charge in [0.25, 0.3) is 0 Å². The first kappa shape index (κ1) is 36.8. The second kappa shape index (κ2) is 19.7. The topological polar surface area (TPSA) is 177 Å². The van der Waals surface area contributed by atoms with E-state index in [9.17, 15) is 10.2 Å². The number of rotatable bonds is 24. The lowest BCUT2D eigenvalue weighted by molar-refractivity contribution is -0.0487. The van der Waals surface area contributed by atoms with E-state index in [1.807, 2.05) is 6.92 Å². The Balaban J connectivity index is 1.27. The second-order valence-electron chi connectivity index (χ2n) is 11.6. The van der Waals surface area contributed by atoms with Crippen LogP contribution in [0.5, 0.6) is 0 Å². The van der Waals surface area contributed by atoms with Crippen molar-refractivity contribution in [1.82, 2.24) is 19.5 Å². The SMILES string of the molecule is C=P(C)(C)CC(C)[C@H]1O[C@@H](n2cnc3c(NCCCOCCOCCOCCOCCOCCCN)ncnc32)[C@H](O)[C@@H]1O. The van der Waals surface area contributed by atoms with E-state index in [0.29, 0.717) is 96.1 Å². The fourth-order valence-electron chi connectivity index (χ4n) is 4.98. The lowest BCUT2D eigenvalue weighted by Crippen LogP contribution is -2.35. The Morgan fingerprint density at radius 1 is 0.909 bits per heavy atom. The van der Waals surface area contributed by atoms with Crippen molar-refractivity contribution in [3.05, 3.63) is 12.7 Å². The molecular formula is C29H53N6O8P. The second-order valence-corrected chi connectivity index (χ2v) is 15.8. The lowest BCUT2D eigenvalue weighted by Gasteiger charge is -2.26. The molecule has 0 amide bonds. The predicted octanol–water partition coefficient (Wildman–Crippen LogP) is 1.02. The Labute approximate surface area is 260 Å². The Kier molecular flexibility index (Phi) is 16.5. The van der Waals surface area contributed by atoms with Crippen molar-refractivity contribution in [2.24, 2.45) is 11.7 Å². The van der Waals surface area contributed by atoms with Crippen LogP contribution >= 0.6 is 6.89 Å². The quantitative estimate of drug-likeness (QED) is 0.0942. The van der Waals surface area contributed by atoms with Crippen molar-refractivity contribution in [1.29, 1.82) is 0 Å². The molecule has 1 fully saturated rings. The molecule has 5 N–H and O–H groups in total. The third-order valence-corrected chi connectivity index (χ3v) is 8.55. The van der Waals surface area contributed by atoms with Crippen molar-refractivity contribution in [2.75, 3.05) is 104 Å². The van der Waals surface area contributed by atoms with Crippen LogP contribution < -0.4 is 11.1 Å². The van der Waals surface area contributed by atoms with Gasteiger partial charge in [0.05, 0.1) is 65.3 Å². The number of aromatic nitrogens is 4. The maximum Gasteiger partial charge on any atom is 0.167 e. The molecule has 2 aromatic rings. The number of nitrogens with one attached hydrogen (secondary N) is 1. The van der Waals surface area contributed by atoms with Gasteiger partial charge in [-0.05, 0) is 44.8 Å². The minimum absolute atomic E-state index is 0.0498. The molecule has 0 saturated carbocycles. The van der Waals surface area contributed by atoms with Crippen LogP contribution in [0.4, 0.5) is 5.82 Å². The maximum absolute atomic E-state index is 10.8. The van der Waals surface area contributed by atoms with Crippen molar-refractivity contribution in [3.8, 4) is 0 Å². The third kappa shape index (κ3) is 12.2. The highest BCUT2D eigenvalue weighted by Gasteiger charge is 2.46. The summed E-state index contributed by atoms with van der Waals surface area (Å²) in [6.07, 6.45) is 6.35. The molecule has 14 nitrogen and oxygen atoms in total. The van der Waals surface area contributed by atoms with E-state index in [2.05, 4.69) is 39.9 Å². The Morgan fingerprint density at radius 3 is 2.05 bits per heavy atom. The van der Waals surface area contributed by atoms with Crippen molar-refractivity contribution in [3.63, 3.8) is 0 Å². The van der Waals surface area contributed by atoms with Crippen LogP contribution in [-0.2, 0) is 28.4 Å². The first-order valence-corrected chi connectivity index (χ1v) is 18.5. The summed E-state index contributed by atoms with van der Waals surface area (Å²) in [5.74, 6) is 0.633. The smallest absolute Gasteiger partial charge is 0.167 e. The van der Waals surface area contributed by atoms with E-state index < -0.39 is 31.4 Å². The third-order valence-electron chi connectivity index (χ3n) is 6.99. The summed E-state index contributed by atoms with van der Waals surface area (Å²) >= 11 is 0. The number of anilines is 1. The van der Waals surface area contributed by atoms with Crippen LogP contribution in [0.2, 0.25) is 0 Å². The molecule has 1 unspecified atom stereocenters. The van der Waals surface area contributed by atoms with Crippen LogP contribution in [0, 0.1) is 5.92 Å². The molecule has 3 rings (SSSR count). The molecule has 0 aliphatic carbocycles. The van der Waals surface area contributed by atoms with Crippen LogP contribution in [-0.4, -0.2) is 153 Å².